The standard InChI is InChI=1S/C22H21F6N3OS/c23-21(24,25)20(22(26,27)28,30-18(32)12-14-8-4-3-5-9-14)31-19-16(13-29)15-10-6-1-2-7-11-17(15)33-19/h3-5,8-9,31H,1-2,6-7,10-12H2,(H,30,32). The molecular formula is C22H21F6N3OS. The van der Waals surface area contributed by atoms with Gasteiger partial charge in [-0.2, -0.15) is 31.6 Å². The number of nitrogens with zero attached hydrogens (tertiary/aromatic N) is 1. The van der Waals surface area contributed by atoms with Crippen molar-refractivity contribution in [3.8, 4) is 6.07 Å². The average molecular weight is 489 g/mol. The van der Waals surface area contributed by atoms with Crippen LogP contribution in [0.3, 0.4) is 0 Å². The maximum atomic E-state index is 14.0. The summed E-state index contributed by atoms with van der Waals surface area (Å²) >= 11 is 0.714. The number of hydrogen-bond acceptors (Lipinski definition) is 4. The molecule has 178 valence electrons. The SMILES string of the molecule is N#Cc1c(NC(NC(=O)Cc2ccccc2)(C(F)(F)F)C(F)(F)F)sc2c1CCCCCC2. The third-order valence-corrected chi connectivity index (χ3v) is 6.68. The molecule has 33 heavy (non-hydrogen) atoms. The molecule has 0 fully saturated rings. The van der Waals surface area contributed by atoms with Crippen LogP contribution < -0.4 is 10.6 Å². The molecule has 4 nitrogen and oxygen atoms in total. The van der Waals surface area contributed by atoms with Gasteiger partial charge in [0.05, 0.1) is 12.0 Å². The fourth-order valence-electron chi connectivity index (χ4n) is 3.81. The van der Waals surface area contributed by atoms with Crippen LogP contribution in [0.2, 0.25) is 0 Å². The minimum absolute atomic E-state index is 0.230. The van der Waals surface area contributed by atoms with E-state index in [4.69, 9.17) is 0 Å². The molecule has 0 unspecified atom stereocenters. The van der Waals surface area contributed by atoms with Crippen LogP contribution >= 0.6 is 11.3 Å². The lowest BCUT2D eigenvalue weighted by molar-refractivity contribution is -0.295. The smallest absolute Gasteiger partial charge is 0.338 e. The Morgan fingerprint density at radius 1 is 0.970 bits per heavy atom. The van der Waals surface area contributed by atoms with E-state index in [0.717, 1.165) is 24.6 Å². The van der Waals surface area contributed by atoms with Gasteiger partial charge < -0.3 is 10.6 Å². The number of halogens is 6. The average Bonchev–Trinajstić information content (AvgIpc) is 3.01. The van der Waals surface area contributed by atoms with Crippen molar-refractivity contribution in [2.75, 3.05) is 5.32 Å². The van der Waals surface area contributed by atoms with Crippen LogP contribution in [-0.4, -0.2) is 23.9 Å². The third kappa shape index (κ3) is 5.27. The van der Waals surface area contributed by atoms with Gasteiger partial charge in [-0.05, 0) is 36.8 Å². The zero-order chi connectivity index (χ0) is 24.3. The Labute approximate surface area is 190 Å². The predicted octanol–water partition coefficient (Wildman–Crippen LogP) is 5.87. The van der Waals surface area contributed by atoms with E-state index in [-0.39, 0.29) is 11.1 Å². The fraction of sp³-hybridized carbons (Fsp3) is 0.455. The minimum Gasteiger partial charge on any atom is -0.338 e. The molecule has 11 heteroatoms. The molecule has 1 aromatic carbocycles. The van der Waals surface area contributed by atoms with Gasteiger partial charge in [0.25, 0.3) is 0 Å². The summed E-state index contributed by atoms with van der Waals surface area (Å²) in [5.41, 5.74) is -4.24. The van der Waals surface area contributed by atoms with Crippen LogP contribution in [0.25, 0.3) is 0 Å². The van der Waals surface area contributed by atoms with Gasteiger partial charge in [0, 0.05) is 4.88 Å². The molecule has 1 aromatic heterocycles. The number of hydrogen-bond donors (Lipinski definition) is 2. The number of nitriles is 1. The lowest BCUT2D eigenvalue weighted by atomic mass is 9.97. The Balaban J connectivity index is 2.03. The first-order chi connectivity index (χ1) is 15.5. The van der Waals surface area contributed by atoms with E-state index >= 15 is 0 Å². The number of alkyl halides is 6. The van der Waals surface area contributed by atoms with Crippen LogP contribution in [0.1, 0.15) is 47.3 Å². The summed E-state index contributed by atoms with van der Waals surface area (Å²) in [5.74, 6) is -1.46. The zero-order valence-corrected chi connectivity index (χ0v) is 18.2. The normalized spacial score (nSPS) is 15.1. The van der Waals surface area contributed by atoms with Crippen molar-refractivity contribution < 1.29 is 31.1 Å². The van der Waals surface area contributed by atoms with E-state index in [1.165, 1.54) is 29.6 Å². The Morgan fingerprint density at radius 2 is 1.58 bits per heavy atom. The van der Waals surface area contributed by atoms with Gasteiger partial charge in [0.1, 0.15) is 11.1 Å². The molecule has 1 aliphatic rings. The molecule has 3 rings (SSSR count). The summed E-state index contributed by atoms with van der Waals surface area (Å²) in [6.07, 6.45) is -8.50. The quantitative estimate of drug-likeness (QED) is 0.408. The van der Waals surface area contributed by atoms with Crippen molar-refractivity contribution in [1.29, 1.82) is 5.26 Å². The number of carbonyl (C=O) groups excluding carboxylic acids is 1. The highest BCUT2D eigenvalue weighted by Gasteiger charge is 2.73. The number of nitrogens with one attached hydrogen (secondary N) is 2. The van der Waals surface area contributed by atoms with E-state index in [1.54, 1.807) is 12.1 Å². The molecular weight excluding hydrogens is 468 g/mol. The molecule has 2 aromatic rings. The summed E-state index contributed by atoms with van der Waals surface area (Å²) in [7, 11) is 0. The lowest BCUT2D eigenvalue weighted by Crippen LogP contribution is -2.72. The molecule has 1 aliphatic carbocycles. The first-order valence-corrected chi connectivity index (χ1v) is 11.1. The number of benzene rings is 1. The van der Waals surface area contributed by atoms with Crippen molar-refractivity contribution in [3.63, 3.8) is 0 Å². The maximum absolute atomic E-state index is 14.0. The van der Waals surface area contributed by atoms with Crippen molar-refractivity contribution >= 4 is 22.2 Å². The fourth-order valence-corrected chi connectivity index (χ4v) is 5.10. The topological polar surface area (TPSA) is 64.9 Å². The van der Waals surface area contributed by atoms with E-state index < -0.39 is 35.3 Å². The monoisotopic (exact) mass is 489 g/mol. The van der Waals surface area contributed by atoms with Crippen molar-refractivity contribution in [3.05, 3.63) is 51.9 Å². The third-order valence-electron chi connectivity index (χ3n) is 5.47. The number of aryl methyl sites for hydroxylation is 1. The van der Waals surface area contributed by atoms with Crippen molar-refractivity contribution in [1.82, 2.24) is 5.32 Å². The number of rotatable bonds is 5. The molecule has 0 saturated heterocycles. The lowest BCUT2D eigenvalue weighted by Gasteiger charge is -2.38. The zero-order valence-electron chi connectivity index (χ0n) is 17.4. The molecule has 1 amide bonds. The van der Waals surface area contributed by atoms with Crippen LogP contribution in [0, 0.1) is 11.3 Å². The second-order valence-electron chi connectivity index (χ2n) is 7.82. The Hall–Kier alpha value is -2.74. The summed E-state index contributed by atoms with van der Waals surface area (Å²) in [6.45, 7) is 0. The number of carbonyl (C=O) groups is 1. The molecule has 0 atom stereocenters. The van der Waals surface area contributed by atoms with Gasteiger partial charge in [-0.25, -0.2) is 0 Å². The highest BCUT2D eigenvalue weighted by Crippen LogP contribution is 2.46. The summed E-state index contributed by atoms with van der Waals surface area (Å²) in [4.78, 5) is 12.9. The van der Waals surface area contributed by atoms with Gasteiger partial charge in [-0.1, -0.05) is 43.2 Å². The summed E-state index contributed by atoms with van der Waals surface area (Å²) < 4.78 is 84.2. The molecule has 1 heterocycles. The molecule has 0 saturated carbocycles. The minimum atomic E-state index is -5.94. The van der Waals surface area contributed by atoms with E-state index in [1.807, 2.05) is 0 Å². The first-order valence-electron chi connectivity index (χ1n) is 10.3. The van der Waals surface area contributed by atoms with Crippen molar-refractivity contribution in [2.24, 2.45) is 0 Å². The second-order valence-corrected chi connectivity index (χ2v) is 8.92. The molecule has 0 spiro atoms. The van der Waals surface area contributed by atoms with Crippen LogP contribution in [0.4, 0.5) is 31.3 Å². The largest absolute Gasteiger partial charge is 0.439 e. The van der Waals surface area contributed by atoms with Crippen LogP contribution in [-0.2, 0) is 24.1 Å². The Bertz CT molecular complexity index is 1010. The maximum Gasteiger partial charge on any atom is 0.439 e. The number of fused-ring (bicyclic) bond motifs is 1. The van der Waals surface area contributed by atoms with E-state index in [9.17, 15) is 36.4 Å². The van der Waals surface area contributed by atoms with E-state index in [2.05, 4.69) is 0 Å². The Morgan fingerprint density at radius 3 is 2.15 bits per heavy atom. The van der Waals surface area contributed by atoms with Gasteiger partial charge in [-0.15, -0.1) is 11.3 Å². The highest BCUT2D eigenvalue weighted by molar-refractivity contribution is 7.16. The molecule has 2 N–H and O–H groups in total. The van der Waals surface area contributed by atoms with Gasteiger partial charge in [-0.3, -0.25) is 4.79 Å². The highest BCUT2D eigenvalue weighted by atomic mass is 32.1. The molecule has 0 aliphatic heterocycles. The van der Waals surface area contributed by atoms with Gasteiger partial charge in [0.2, 0.25) is 5.91 Å². The first kappa shape index (κ1) is 24.9. The molecule has 0 radical (unpaired) electrons. The number of anilines is 1. The van der Waals surface area contributed by atoms with Crippen molar-refractivity contribution in [2.45, 2.75) is 63.0 Å². The second kappa shape index (κ2) is 9.63. The predicted molar refractivity (Wildman–Crippen MR) is 112 cm³/mol. The van der Waals surface area contributed by atoms with E-state index in [0.29, 0.717) is 41.0 Å². The van der Waals surface area contributed by atoms with Gasteiger partial charge in [0.15, 0.2) is 0 Å². The van der Waals surface area contributed by atoms with Gasteiger partial charge >= 0.3 is 18.0 Å². The summed E-state index contributed by atoms with van der Waals surface area (Å²) in [5, 5.41) is 11.7. The van der Waals surface area contributed by atoms with Crippen LogP contribution in [0.5, 0.6) is 0 Å². The Kier molecular flexibility index (Phi) is 7.26. The summed E-state index contributed by atoms with van der Waals surface area (Å²) in [6, 6.07) is 9.24. The number of amides is 1. The molecule has 0 bridgehead atoms. The van der Waals surface area contributed by atoms with Crippen LogP contribution in [0.15, 0.2) is 30.3 Å². The number of thiophene rings is 1.